The molecule has 0 bridgehead atoms. The van der Waals surface area contributed by atoms with E-state index in [1.165, 1.54) is 0 Å². The van der Waals surface area contributed by atoms with Gasteiger partial charge in [-0.25, -0.2) is 0 Å². The van der Waals surface area contributed by atoms with Crippen LogP contribution in [-0.4, -0.2) is 4.92 Å². The molecular formula is C15H10N2O2. The molecule has 0 aliphatic heterocycles. The molecule has 2 aromatic carbocycles. The number of hydrogen-bond donors (Lipinski definition) is 0. The van der Waals surface area contributed by atoms with Gasteiger partial charge in [0, 0.05) is 0 Å². The van der Waals surface area contributed by atoms with Crippen molar-refractivity contribution < 1.29 is 4.92 Å². The molecule has 0 saturated heterocycles. The average Bonchev–Trinajstić information content (AvgIpc) is 2.46. The highest BCUT2D eigenvalue weighted by molar-refractivity contribution is 5.93. The van der Waals surface area contributed by atoms with E-state index in [-0.39, 0.29) is 11.3 Å². The summed E-state index contributed by atoms with van der Waals surface area (Å²) in [7, 11) is 0. The summed E-state index contributed by atoms with van der Waals surface area (Å²) in [6, 6.07) is 19.0. The second kappa shape index (κ2) is 5.61. The van der Waals surface area contributed by atoms with Crippen molar-refractivity contribution in [3.63, 3.8) is 0 Å². The molecule has 0 aromatic heterocycles. The van der Waals surface area contributed by atoms with Crippen LogP contribution in [0.25, 0.3) is 11.3 Å². The van der Waals surface area contributed by atoms with Crippen LogP contribution in [0.15, 0.2) is 60.7 Å². The molecule has 4 heteroatoms. The second-order valence-corrected chi connectivity index (χ2v) is 3.82. The fourth-order valence-electron chi connectivity index (χ4n) is 1.80. The Labute approximate surface area is 110 Å². The third-order valence-corrected chi connectivity index (χ3v) is 2.64. The van der Waals surface area contributed by atoms with Crippen molar-refractivity contribution in [3.8, 4) is 6.07 Å². The Bertz CT molecular complexity index is 656. The maximum atomic E-state index is 11.3. The first-order chi connectivity index (χ1) is 9.24. The average molecular weight is 250 g/mol. The standard InChI is InChI=1S/C15H10N2O2/c16-11-14(12-7-3-1-4-8-12)15(17(18)19)13-9-5-2-6-10-13/h1-10H/b15-14+. The summed E-state index contributed by atoms with van der Waals surface area (Å²) in [5, 5.41) is 20.5. The van der Waals surface area contributed by atoms with Crippen molar-refractivity contribution in [2.75, 3.05) is 0 Å². The summed E-state index contributed by atoms with van der Waals surface area (Å²) in [6.07, 6.45) is 0. The van der Waals surface area contributed by atoms with Gasteiger partial charge in [-0.05, 0) is 17.7 Å². The molecule has 2 rings (SSSR count). The monoisotopic (exact) mass is 250 g/mol. The maximum absolute atomic E-state index is 11.3. The molecule has 0 atom stereocenters. The van der Waals surface area contributed by atoms with Crippen molar-refractivity contribution >= 4 is 11.3 Å². The van der Waals surface area contributed by atoms with Crippen LogP contribution >= 0.6 is 0 Å². The van der Waals surface area contributed by atoms with Gasteiger partial charge >= 0.3 is 0 Å². The fourth-order valence-corrected chi connectivity index (χ4v) is 1.80. The van der Waals surface area contributed by atoms with Gasteiger partial charge in [0.25, 0.3) is 5.70 Å². The lowest BCUT2D eigenvalue weighted by atomic mass is 10.0. The molecule has 0 heterocycles. The SMILES string of the molecule is N#C/C(=C(/c1ccccc1)[N+](=O)[O-])c1ccccc1. The number of nitriles is 1. The van der Waals surface area contributed by atoms with E-state index in [2.05, 4.69) is 0 Å². The van der Waals surface area contributed by atoms with E-state index < -0.39 is 4.92 Å². The molecule has 0 spiro atoms. The minimum Gasteiger partial charge on any atom is -0.258 e. The molecular weight excluding hydrogens is 240 g/mol. The Morgan fingerprint density at radius 2 is 1.42 bits per heavy atom. The van der Waals surface area contributed by atoms with Crippen LogP contribution in [0.4, 0.5) is 0 Å². The number of rotatable bonds is 3. The summed E-state index contributed by atoms with van der Waals surface area (Å²) >= 11 is 0. The molecule has 0 saturated carbocycles. The normalized spacial score (nSPS) is 11.3. The zero-order valence-electron chi connectivity index (χ0n) is 9.98. The van der Waals surface area contributed by atoms with E-state index in [4.69, 9.17) is 0 Å². The second-order valence-electron chi connectivity index (χ2n) is 3.82. The molecule has 0 radical (unpaired) electrons. The number of nitrogens with zero attached hydrogens (tertiary/aromatic N) is 2. The van der Waals surface area contributed by atoms with Crippen molar-refractivity contribution in [1.29, 1.82) is 5.26 Å². The Hall–Kier alpha value is -2.93. The van der Waals surface area contributed by atoms with E-state index >= 15 is 0 Å². The van der Waals surface area contributed by atoms with Crippen LogP contribution in [0.1, 0.15) is 11.1 Å². The summed E-state index contributed by atoms with van der Waals surface area (Å²) in [4.78, 5) is 10.8. The summed E-state index contributed by atoms with van der Waals surface area (Å²) in [6.45, 7) is 0. The Kier molecular flexibility index (Phi) is 3.70. The van der Waals surface area contributed by atoms with Crippen molar-refractivity contribution in [2.24, 2.45) is 0 Å². The van der Waals surface area contributed by atoms with E-state index in [0.29, 0.717) is 11.1 Å². The number of nitro groups is 1. The molecule has 19 heavy (non-hydrogen) atoms. The molecule has 0 aliphatic carbocycles. The van der Waals surface area contributed by atoms with Crippen LogP contribution in [0.3, 0.4) is 0 Å². The molecule has 0 aliphatic rings. The van der Waals surface area contributed by atoms with Gasteiger partial charge in [-0.3, -0.25) is 10.1 Å². The van der Waals surface area contributed by atoms with E-state index in [1.807, 2.05) is 6.07 Å². The Morgan fingerprint density at radius 1 is 0.947 bits per heavy atom. The summed E-state index contributed by atoms with van der Waals surface area (Å²) < 4.78 is 0. The smallest absolute Gasteiger partial charge is 0.258 e. The lowest BCUT2D eigenvalue weighted by Crippen LogP contribution is -2.01. The van der Waals surface area contributed by atoms with Gasteiger partial charge in [-0.15, -0.1) is 0 Å². The van der Waals surface area contributed by atoms with Gasteiger partial charge in [0.15, 0.2) is 0 Å². The van der Waals surface area contributed by atoms with Gasteiger partial charge in [0.05, 0.1) is 10.5 Å². The van der Waals surface area contributed by atoms with Crippen molar-refractivity contribution in [2.45, 2.75) is 0 Å². The minimum absolute atomic E-state index is 0.0665. The molecule has 4 nitrogen and oxygen atoms in total. The first-order valence-electron chi connectivity index (χ1n) is 5.63. The Morgan fingerprint density at radius 3 is 1.84 bits per heavy atom. The predicted molar refractivity (Wildman–Crippen MR) is 72.3 cm³/mol. The van der Waals surface area contributed by atoms with E-state index in [1.54, 1.807) is 60.7 Å². The minimum atomic E-state index is -0.513. The third-order valence-electron chi connectivity index (χ3n) is 2.64. The van der Waals surface area contributed by atoms with Gasteiger partial charge in [-0.1, -0.05) is 48.5 Å². The van der Waals surface area contributed by atoms with Crippen molar-refractivity contribution in [3.05, 3.63) is 81.9 Å². The number of benzene rings is 2. The summed E-state index contributed by atoms with van der Waals surface area (Å²) in [5.41, 5.74) is 0.861. The van der Waals surface area contributed by atoms with Crippen molar-refractivity contribution in [1.82, 2.24) is 0 Å². The highest BCUT2D eigenvalue weighted by Crippen LogP contribution is 2.26. The first-order valence-corrected chi connectivity index (χ1v) is 5.63. The molecule has 0 amide bonds. The Balaban J connectivity index is 2.69. The molecule has 92 valence electrons. The fraction of sp³-hybridized carbons (Fsp3) is 0. The quantitative estimate of drug-likeness (QED) is 0.363. The van der Waals surface area contributed by atoms with E-state index in [0.717, 1.165) is 0 Å². The van der Waals surface area contributed by atoms with Gasteiger partial charge < -0.3 is 0 Å². The lowest BCUT2D eigenvalue weighted by molar-refractivity contribution is -0.374. The van der Waals surface area contributed by atoms with Gasteiger partial charge in [-0.2, -0.15) is 5.26 Å². The lowest BCUT2D eigenvalue weighted by Gasteiger charge is -2.03. The maximum Gasteiger partial charge on any atom is 0.294 e. The third kappa shape index (κ3) is 2.67. The van der Waals surface area contributed by atoms with E-state index in [9.17, 15) is 15.4 Å². The highest BCUT2D eigenvalue weighted by Gasteiger charge is 2.21. The first kappa shape index (κ1) is 12.5. The molecule has 0 unspecified atom stereocenters. The molecule has 2 aromatic rings. The highest BCUT2D eigenvalue weighted by atomic mass is 16.6. The number of allylic oxidation sites excluding steroid dienone is 1. The summed E-state index contributed by atoms with van der Waals surface area (Å²) in [5.74, 6) is 0. The van der Waals surface area contributed by atoms with Crippen LogP contribution < -0.4 is 0 Å². The largest absolute Gasteiger partial charge is 0.294 e. The van der Waals surface area contributed by atoms with Gasteiger partial charge in [0.1, 0.15) is 11.6 Å². The number of hydrogen-bond acceptors (Lipinski definition) is 3. The topological polar surface area (TPSA) is 66.9 Å². The zero-order valence-corrected chi connectivity index (χ0v) is 9.98. The predicted octanol–water partition coefficient (Wildman–Crippen LogP) is 3.36. The van der Waals surface area contributed by atoms with Gasteiger partial charge in [0.2, 0.25) is 0 Å². The molecule has 0 fully saturated rings. The van der Waals surface area contributed by atoms with Crippen LogP contribution in [0.2, 0.25) is 0 Å². The molecule has 0 N–H and O–H groups in total. The van der Waals surface area contributed by atoms with Crippen LogP contribution in [0.5, 0.6) is 0 Å². The zero-order chi connectivity index (χ0) is 13.7. The van der Waals surface area contributed by atoms with Crippen LogP contribution in [0, 0.1) is 21.4 Å². The van der Waals surface area contributed by atoms with Crippen LogP contribution in [-0.2, 0) is 0 Å².